The van der Waals surface area contributed by atoms with E-state index in [-0.39, 0.29) is 17.9 Å². The van der Waals surface area contributed by atoms with Gasteiger partial charge in [0, 0.05) is 30.4 Å². The van der Waals surface area contributed by atoms with Crippen molar-refractivity contribution in [1.82, 2.24) is 14.8 Å². The Kier molecular flexibility index (Phi) is 5.04. The lowest BCUT2D eigenvalue weighted by molar-refractivity contribution is -0.134. The van der Waals surface area contributed by atoms with Crippen LogP contribution in [0.2, 0.25) is 0 Å². The third-order valence-electron chi connectivity index (χ3n) is 4.38. The van der Waals surface area contributed by atoms with Crippen molar-refractivity contribution in [3.63, 3.8) is 0 Å². The van der Waals surface area contributed by atoms with Crippen molar-refractivity contribution in [2.45, 2.75) is 19.9 Å². The fourth-order valence-corrected chi connectivity index (χ4v) is 4.18. The lowest BCUT2D eigenvalue weighted by Crippen LogP contribution is -2.49. The summed E-state index contributed by atoms with van der Waals surface area (Å²) in [6.07, 6.45) is 1.65. The number of hydrogen-bond acceptors (Lipinski definition) is 4. The monoisotopic (exact) mass is 343 g/mol. The normalized spacial score (nSPS) is 17.2. The molecule has 1 fully saturated rings. The van der Waals surface area contributed by atoms with Gasteiger partial charge in [0.25, 0.3) is 5.91 Å². The first-order valence-corrected chi connectivity index (χ1v) is 9.34. The maximum Gasteiger partial charge on any atom is 0.255 e. The molecule has 1 aromatic heterocycles. The van der Waals surface area contributed by atoms with Crippen molar-refractivity contribution >= 4 is 34.5 Å². The van der Waals surface area contributed by atoms with Crippen molar-refractivity contribution in [2.24, 2.45) is 0 Å². The number of benzene rings is 1. The molecule has 3 rings (SSSR count). The molecule has 1 atom stereocenters. The van der Waals surface area contributed by atoms with Crippen LogP contribution in [0.5, 0.6) is 0 Å². The number of aromatic nitrogens is 1. The molecule has 0 radical (unpaired) electrons. The fourth-order valence-electron chi connectivity index (χ4n) is 3.03. The maximum absolute atomic E-state index is 13.1. The summed E-state index contributed by atoms with van der Waals surface area (Å²) in [4.78, 5) is 33.6. The average molecular weight is 343 g/mol. The Balaban J connectivity index is 1.92. The molecule has 0 bridgehead atoms. The van der Waals surface area contributed by atoms with Gasteiger partial charge in [-0.05, 0) is 26.0 Å². The summed E-state index contributed by atoms with van der Waals surface area (Å²) in [7, 11) is 0. The topological polar surface area (TPSA) is 53.5 Å². The van der Waals surface area contributed by atoms with E-state index in [1.807, 2.05) is 38.1 Å². The molecule has 0 spiro atoms. The number of pyridine rings is 1. The zero-order valence-electron chi connectivity index (χ0n) is 13.9. The predicted molar refractivity (Wildman–Crippen MR) is 97.0 cm³/mol. The van der Waals surface area contributed by atoms with Gasteiger partial charge in [0.05, 0.1) is 17.0 Å². The van der Waals surface area contributed by atoms with Crippen LogP contribution >= 0.6 is 11.8 Å². The highest BCUT2D eigenvalue weighted by Crippen LogP contribution is 2.27. The molecule has 0 aliphatic carbocycles. The molecule has 2 aromatic rings. The Morgan fingerprint density at radius 2 is 2.00 bits per heavy atom. The highest BCUT2D eigenvalue weighted by Gasteiger charge is 2.37. The van der Waals surface area contributed by atoms with E-state index in [1.54, 1.807) is 33.8 Å². The van der Waals surface area contributed by atoms with Crippen LogP contribution in [0.25, 0.3) is 10.9 Å². The number of rotatable bonds is 4. The average Bonchev–Trinajstić information content (AvgIpc) is 3.11. The Morgan fingerprint density at radius 1 is 1.25 bits per heavy atom. The maximum atomic E-state index is 13.1. The minimum atomic E-state index is -0.380. The summed E-state index contributed by atoms with van der Waals surface area (Å²) in [6, 6.07) is 8.96. The van der Waals surface area contributed by atoms with E-state index in [0.29, 0.717) is 30.3 Å². The number of carbonyl (C=O) groups excluding carboxylic acids is 2. The van der Waals surface area contributed by atoms with Gasteiger partial charge in [-0.1, -0.05) is 18.2 Å². The first-order chi connectivity index (χ1) is 11.7. The first-order valence-electron chi connectivity index (χ1n) is 8.18. The molecule has 1 aliphatic heterocycles. The van der Waals surface area contributed by atoms with Gasteiger partial charge in [-0.2, -0.15) is 0 Å². The minimum Gasteiger partial charge on any atom is -0.341 e. The number of carbonyl (C=O) groups is 2. The first kappa shape index (κ1) is 16.8. The predicted octanol–water partition coefficient (Wildman–Crippen LogP) is 2.62. The van der Waals surface area contributed by atoms with Gasteiger partial charge in [0.15, 0.2) is 0 Å². The van der Waals surface area contributed by atoms with Crippen molar-refractivity contribution in [3.05, 3.63) is 42.1 Å². The lowest BCUT2D eigenvalue weighted by Gasteiger charge is -2.28. The number of nitrogens with zero attached hydrogens (tertiary/aromatic N) is 3. The molecule has 1 aromatic carbocycles. The third-order valence-corrected chi connectivity index (χ3v) is 5.39. The number of likely N-dealkylation sites (N-methyl/N-ethyl adjacent to an activating group) is 1. The number of amides is 2. The summed E-state index contributed by atoms with van der Waals surface area (Å²) in [5.41, 5.74) is 1.40. The second kappa shape index (κ2) is 7.21. The molecule has 126 valence electrons. The summed E-state index contributed by atoms with van der Waals surface area (Å²) < 4.78 is 0. The van der Waals surface area contributed by atoms with Crippen LogP contribution in [0.15, 0.2) is 36.5 Å². The van der Waals surface area contributed by atoms with Gasteiger partial charge in [-0.3, -0.25) is 14.6 Å². The van der Waals surface area contributed by atoms with E-state index >= 15 is 0 Å². The van der Waals surface area contributed by atoms with Crippen LogP contribution in [0, 0.1) is 0 Å². The molecular weight excluding hydrogens is 322 g/mol. The smallest absolute Gasteiger partial charge is 0.255 e. The quantitative estimate of drug-likeness (QED) is 0.856. The van der Waals surface area contributed by atoms with E-state index in [2.05, 4.69) is 4.98 Å². The molecule has 2 amide bonds. The van der Waals surface area contributed by atoms with Gasteiger partial charge >= 0.3 is 0 Å². The number of fused-ring (bicyclic) bond motifs is 1. The second-order valence-electron chi connectivity index (χ2n) is 5.68. The number of para-hydroxylation sites is 1. The van der Waals surface area contributed by atoms with Gasteiger partial charge < -0.3 is 9.80 Å². The third kappa shape index (κ3) is 2.98. The largest absolute Gasteiger partial charge is 0.341 e. The zero-order chi connectivity index (χ0) is 17.1. The van der Waals surface area contributed by atoms with Gasteiger partial charge in [-0.25, -0.2) is 0 Å². The van der Waals surface area contributed by atoms with Crippen LogP contribution < -0.4 is 0 Å². The molecule has 0 N–H and O–H groups in total. The Labute approximate surface area is 146 Å². The van der Waals surface area contributed by atoms with E-state index in [0.717, 1.165) is 10.9 Å². The van der Waals surface area contributed by atoms with Crippen LogP contribution in [-0.2, 0) is 4.79 Å². The molecule has 24 heavy (non-hydrogen) atoms. The summed E-state index contributed by atoms with van der Waals surface area (Å²) in [5.74, 6) is 1.15. The second-order valence-corrected chi connectivity index (χ2v) is 6.68. The van der Waals surface area contributed by atoms with E-state index in [9.17, 15) is 9.59 Å². The van der Waals surface area contributed by atoms with E-state index in [1.165, 1.54) is 0 Å². The number of hydrogen-bond donors (Lipinski definition) is 0. The highest BCUT2D eigenvalue weighted by molar-refractivity contribution is 7.99. The Morgan fingerprint density at radius 3 is 2.75 bits per heavy atom. The van der Waals surface area contributed by atoms with Crippen molar-refractivity contribution < 1.29 is 9.59 Å². The lowest BCUT2D eigenvalue weighted by atomic mass is 10.1. The van der Waals surface area contributed by atoms with E-state index in [4.69, 9.17) is 0 Å². The van der Waals surface area contributed by atoms with Gasteiger partial charge in [0.2, 0.25) is 5.91 Å². The van der Waals surface area contributed by atoms with Crippen molar-refractivity contribution in [1.29, 1.82) is 0 Å². The van der Waals surface area contributed by atoms with Gasteiger partial charge in [-0.15, -0.1) is 11.8 Å². The summed E-state index contributed by atoms with van der Waals surface area (Å²) in [6.45, 7) is 5.26. The SMILES string of the molecule is CCN(CC)C(=O)[C@H]1CSCN1C(=O)c1ccnc2ccccc12. The highest BCUT2D eigenvalue weighted by atomic mass is 32.2. The van der Waals surface area contributed by atoms with Crippen LogP contribution in [0.4, 0.5) is 0 Å². The zero-order valence-corrected chi connectivity index (χ0v) is 14.8. The molecule has 6 heteroatoms. The van der Waals surface area contributed by atoms with Crippen molar-refractivity contribution in [3.8, 4) is 0 Å². The summed E-state index contributed by atoms with van der Waals surface area (Å²) >= 11 is 1.63. The van der Waals surface area contributed by atoms with Crippen molar-refractivity contribution in [2.75, 3.05) is 24.7 Å². The van der Waals surface area contributed by atoms with E-state index < -0.39 is 0 Å². The Hall–Kier alpha value is -2.08. The molecule has 0 unspecified atom stereocenters. The molecule has 1 aliphatic rings. The minimum absolute atomic E-state index is 0.0386. The summed E-state index contributed by atoms with van der Waals surface area (Å²) in [5, 5.41) is 0.830. The van der Waals surface area contributed by atoms with Crippen LogP contribution in [0.3, 0.4) is 0 Å². The number of thioether (sulfide) groups is 1. The standard InChI is InChI=1S/C18H21N3O2S/c1-3-20(4-2)18(23)16-11-24-12-21(16)17(22)14-9-10-19-15-8-6-5-7-13(14)15/h5-10,16H,3-4,11-12H2,1-2H3/t16-/m1/s1. The molecular formula is C18H21N3O2S. The molecule has 0 saturated carbocycles. The fraction of sp³-hybridized carbons (Fsp3) is 0.389. The van der Waals surface area contributed by atoms with Crippen LogP contribution in [-0.4, -0.2) is 57.4 Å². The molecule has 5 nitrogen and oxygen atoms in total. The molecule has 2 heterocycles. The molecule has 1 saturated heterocycles. The van der Waals surface area contributed by atoms with Crippen LogP contribution in [0.1, 0.15) is 24.2 Å². The van der Waals surface area contributed by atoms with Gasteiger partial charge in [0.1, 0.15) is 6.04 Å². The Bertz CT molecular complexity index is 756.